The van der Waals surface area contributed by atoms with Gasteiger partial charge in [0.05, 0.1) is 6.54 Å². The van der Waals surface area contributed by atoms with Crippen molar-refractivity contribution >= 4 is 11.8 Å². The normalized spacial score (nSPS) is 12.0. The summed E-state index contributed by atoms with van der Waals surface area (Å²) in [6.07, 6.45) is 0. The molecule has 1 atom stereocenters. The van der Waals surface area contributed by atoms with Crippen molar-refractivity contribution in [2.45, 2.75) is 13.0 Å². The zero-order chi connectivity index (χ0) is 9.72. The van der Waals surface area contributed by atoms with Crippen LogP contribution in [-0.4, -0.2) is 43.4 Å². The zero-order valence-electron chi connectivity index (χ0n) is 7.63. The van der Waals surface area contributed by atoms with E-state index in [1.54, 1.807) is 21.0 Å². The number of amides is 2. The van der Waals surface area contributed by atoms with Gasteiger partial charge in [-0.3, -0.25) is 9.59 Å². The molecule has 12 heavy (non-hydrogen) atoms. The predicted octanol–water partition coefficient (Wildman–Crippen LogP) is -1.46. The molecule has 0 heterocycles. The summed E-state index contributed by atoms with van der Waals surface area (Å²) in [7, 11) is 3.26. The number of hydrogen-bond acceptors (Lipinski definition) is 3. The summed E-state index contributed by atoms with van der Waals surface area (Å²) in [5.41, 5.74) is 5.06. The number of nitrogens with two attached hydrogens (primary N) is 1. The highest BCUT2D eigenvalue weighted by molar-refractivity contribution is 5.87. The van der Waals surface area contributed by atoms with Crippen molar-refractivity contribution in [3.8, 4) is 0 Å². The fourth-order valence-electron chi connectivity index (χ4n) is 0.749. The summed E-state index contributed by atoms with van der Waals surface area (Å²) in [5.74, 6) is -0.463. The Morgan fingerprint density at radius 3 is 2.33 bits per heavy atom. The zero-order valence-corrected chi connectivity index (χ0v) is 7.63. The van der Waals surface area contributed by atoms with Crippen LogP contribution in [0.25, 0.3) is 0 Å². The molecule has 5 nitrogen and oxygen atoms in total. The minimum Gasteiger partial charge on any atom is -0.347 e. The average molecular weight is 173 g/mol. The third kappa shape index (κ3) is 3.34. The van der Waals surface area contributed by atoms with Crippen molar-refractivity contribution in [1.29, 1.82) is 0 Å². The van der Waals surface area contributed by atoms with Crippen LogP contribution in [0.4, 0.5) is 0 Å². The van der Waals surface area contributed by atoms with Crippen molar-refractivity contribution in [3.63, 3.8) is 0 Å². The molecule has 2 amide bonds. The molecule has 0 aromatic heterocycles. The fourth-order valence-corrected chi connectivity index (χ4v) is 0.749. The number of likely N-dealkylation sites (N-methyl/N-ethyl adjacent to an activating group) is 1. The highest BCUT2D eigenvalue weighted by Crippen LogP contribution is 1.87. The SMILES string of the molecule is CC(NC(=O)CN)C(=O)N(C)C. The van der Waals surface area contributed by atoms with E-state index in [2.05, 4.69) is 5.32 Å². The van der Waals surface area contributed by atoms with Gasteiger partial charge in [-0.15, -0.1) is 0 Å². The lowest BCUT2D eigenvalue weighted by Gasteiger charge is -2.17. The molecular formula is C7H15N3O2. The number of nitrogens with one attached hydrogen (secondary N) is 1. The Hall–Kier alpha value is -1.10. The maximum absolute atomic E-state index is 11.2. The van der Waals surface area contributed by atoms with E-state index in [0.717, 1.165) is 0 Å². The Kier molecular flexibility index (Phi) is 4.28. The van der Waals surface area contributed by atoms with Gasteiger partial charge in [-0.05, 0) is 6.92 Å². The summed E-state index contributed by atoms with van der Waals surface area (Å²) in [6.45, 7) is 1.53. The van der Waals surface area contributed by atoms with E-state index in [-0.39, 0.29) is 18.4 Å². The predicted molar refractivity (Wildman–Crippen MR) is 45.4 cm³/mol. The molecule has 0 rings (SSSR count). The highest BCUT2D eigenvalue weighted by Gasteiger charge is 2.15. The number of hydrogen-bond donors (Lipinski definition) is 2. The van der Waals surface area contributed by atoms with E-state index in [1.165, 1.54) is 4.90 Å². The van der Waals surface area contributed by atoms with Crippen LogP contribution in [0.3, 0.4) is 0 Å². The van der Waals surface area contributed by atoms with Gasteiger partial charge in [0.15, 0.2) is 0 Å². The summed E-state index contributed by atoms with van der Waals surface area (Å²) in [6, 6.07) is -0.504. The third-order valence-electron chi connectivity index (χ3n) is 1.37. The Morgan fingerprint density at radius 1 is 1.50 bits per heavy atom. The molecular weight excluding hydrogens is 158 g/mol. The Balaban J connectivity index is 3.95. The Bertz CT molecular complexity index is 179. The molecule has 0 saturated heterocycles. The second-order valence-electron chi connectivity index (χ2n) is 2.73. The standard InChI is InChI=1S/C7H15N3O2/c1-5(7(12)10(2)3)9-6(11)4-8/h5H,4,8H2,1-3H3,(H,9,11). The molecule has 3 N–H and O–H groups in total. The Morgan fingerprint density at radius 2 is 2.00 bits per heavy atom. The molecule has 0 saturated carbocycles. The molecule has 70 valence electrons. The van der Waals surface area contributed by atoms with Crippen molar-refractivity contribution < 1.29 is 9.59 Å². The van der Waals surface area contributed by atoms with Crippen molar-refractivity contribution in [3.05, 3.63) is 0 Å². The first-order valence-corrected chi connectivity index (χ1v) is 3.69. The topological polar surface area (TPSA) is 75.4 Å². The smallest absolute Gasteiger partial charge is 0.244 e. The lowest BCUT2D eigenvalue weighted by molar-refractivity contribution is -0.133. The van der Waals surface area contributed by atoms with Crippen LogP contribution in [0.1, 0.15) is 6.92 Å². The van der Waals surface area contributed by atoms with Gasteiger partial charge in [0.1, 0.15) is 6.04 Å². The molecule has 0 aliphatic heterocycles. The first-order chi connectivity index (χ1) is 5.49. The fraction of sp³-hybridized carbons (Fsp3) is 0.714. The van der Waals surface area contributed by atoms with E-state index in [1.807, 2.05) is 0 Å². The van der Waals surface area contributed by atoms with Crippen LogP contribution in [-0.2, 0) is 9.59 Å². The largest absolute Gasteiger partial charge is 0.347 e. The number of rotatable bonds is 3. The molecule has 0 bridgehead atoms. The molecule has 0 aromatic rings. The molecule has 5 heteroatoms. The van der Waals surface area contributed by atoms with Crippen molar-refractivity contribution in [1.82, 2.24) is 10.2 Å². The monoisotopic (exact) mass is 173 g/mol. The van der Waals surface area contributed by atoms with Crippen molar-refractivity contribution in [2.24, 2.45) is 5.73 Å². The van der Waals surface area contributed by atoms with Gasteiger partial charge in [0.25, 0.3) is 0 Å². The first-order valence-electron chi connectivity index (χ1n) is 3.69. The number of nitrogens with zero attached hydrogens (tertiary/aromatic N) is 1. The van der Waals surface area contributed by atoms with Crippen LogP contribution >= 0.6 is 0 Å². The average Bonchev–Trinajstić information content (AvgIpc) is 2.02. The summed E-state index contributed by atoms with van der Waals surface area (Å²) in [5, 5.41) is 2.46. The van der Waals surface area contributed by atoms with Gasteiger partial charge < -0.3 is 16.0 Å². The summed E-state index contributed by atoms with van der Waals surface area (Å²) < 4.78 is 0. The minimum atomic E-state index is -0.504. The number of carbonyl (C=O) groups excluding carboxylic acids is 2. The molecule has 1 unspecified atom stereocenters. The van der Waals surface area contributed by atoms with E-state index in [4.69, 9.17) is 5.73 Å². The van der Waals surface area contributed by atoms with Crippen LogP contribution in [0.15, 0.2) is 0 Å². The maximum atomic E-state index is 11.2. The van der Waals surface area contributed by atoms with Gasteiger partial charge in [0, 0.05) is 14.1 Å². The maximum Gasteiger partial charge on any atom is 0.244 e. The molecule has 0 aliphatic rings. The highest BCUT2D eigenvalue weighted by atomic mass is 16.2. The third-order valence-corrected chi connectivity index (χ3v) is 1.37. The van der Waals surface area contributed by atoms with Crippen molar-refractivity contribution in [2.75, 3.05) is 20.6 Å². The molecule has 0 aromatic carbocycles. The van der Waals surface area contributed by atoms with E-state index in [0.29, 0.717) is 0 Å². The summed E-state index contributed by atoms with van der Waals surface area (Å²) >= 11 is 0. The van der Waals surface area contributed by atoms with Crippen LogP contribution < -0.4 is 11.1 Å². The quantitative estimate of drug-likeness (QED) is 0.547. The lowest BCUT2D eigenvalue weighted by Crippen LogP contribution is -2.46. The lowest BCUT2D eigenvalue weighted by atomic mass is 10.3. The van der Waals surface area contributed by atoms with Crippen LogP contribution in [0.2, 0.25) is 0 Å². The molecule has 0 radical (unpaired) electrons. The van der Waals surface area contributed by atoms with E-state index in [9.17, 15) is 9.59 Å². The molecule has 0 fully saturated rings. The van der Waals surface area contributed by atoms with Gasteiger partial charge in [0.2, 0.25) is 11.8 Å². The second-order valence-corrected chi connectivity index (χ2v) is 2.73. The van der Waals surface area contributed by atoms with Crippen LogP contribution in [0, 0.1) is 0 Å². The molecule has 0 aliphatic carbocycles. The first kappa shape index (κ1) is 10.9. The van der Waals surface area contributed by atoms with Gasteiger partial charge in [-0.2, -0.15) is 0 Å². The van der Waals surface area contributed by atoms with Gasteiger partial charge >= 0.3 is 0 Å². The molecule has 0 spiro atoms. The number of carbonyl (C=O) groups is 2. The van der Waals surface area contributed by atoms with E-state index >= 15 is 0 Å². The Labute approximate surface area is 71.9 Å². The second kappa shape index (κ2) is 4.71. The van der Waals surface area contributed by atoms with Crippen LogP contribution in [0.5, 0.6) is 0 Å². The summed E-state index contributed by atoms with van der Waals surface area (Å²) in [4.78, 5) is 23.3. The van der Waals surface area contributed by atoms with Gasteiger partial charge in [-0.25, -0.2) is 0 Å². The van der Waals surface area contributed by atoms with E-state index < -0.39 is 6.04 Å². The minimum absolute atomic E-state index is 0.0922. The van der Waals surface area contributed by atoms with Gasteiger partial charge in [-0.1, -0.05) is 0 Å².